The van der Waals surface area contributed by atoms with Gasteiger partial charge >= 0.3 is 117 Å². The van der Waals surface area contributed by atoms with Crippen molar-refractivity contribution in [3.05, 3.63) is 0 Å². The van der Waals surface area contributed by atoms with Crippen molar-refractivity contribution in [2.24, 2.45) is 0 Å². The third kappa shape index (κ3) is 17.7. The van der Waals surface area contributed by atoms with E-state index < -0.39 is 15.0 Å². The Hall–Kier alpha value is 1.67. The molecule has 0 aliphatic carbocycles. The van der Waals surface area contributed by atoms with Gasteiger partial charge in [0, 0.05) is 0 Å². The first-order valence-electron chi connectivity index (χ1n) is 7.13. The molecule has 17 heavy (non-hydrogen) atoms. The van der Waals surface area contributed by atoms with E-state index in [9.17, 15) is 0 Å². The molecule has 0 aromatic rings. The Morgan fingerprint density at radius 1 is 0.588 bits per heavy atom. The molecule has 0 atom stereocenters. The molecule has 0 nitrogen and oxygen atoms in total. The molecule has 0 saturated carbocycles. The van der Waals surface area contributed by atoms with E-state index in [2.05, 4.69) is 6.92 Å². The van der Waals surface area contributed by atoms with Crippen LogP contribution in [0.4, 0.5) is 0 Å². The van der Waals surface area contributed by atoms with Gasteiger partial charge in [-0.15, -0.1) is 0 Å². The van der Waals surface area contributed by atoms with E-state index in [1.54, 1.807) is 0 Å². The molecule has 0 radical (unpaired) electrons. The van der Waals surface area contributed by atoms with E-state index >= 15 is 0 Å². The van der Waals surface area contributed by atoms with Gasteiger partial charge in [-0.2, -0.15) is 0 Å². The number of rotatable bonds is 12. The molecule has 0 rings (SSSR count). The van der Waals surface area contributed by atoms with Crippen molar-refractivity contribution in [2.75, 3.05) is 0 Å². The molecule has 0 fully saturated rings. The van der Waals surface area contributed by atoms with E-state index in [-0.39, 0.29) is 0 Å². The molecule has 0 aliphatic heterocycles. The van der Waals surface area contributed by atoms with E-state index in [0.717, 1.165) is 10.9 Å². The van der Waals surface area contributed by atoms with Crippen molar-refractivity contribution in [1.82, 2.24) is 0 Å². The van der Waals surface area contributed by atoms with Crippen LogP contribution in [0.5, 0.6) is 0 Å². The van der Waals surface area contributed by atoms with Crippen molar-refractivity contribution in [1.29, 1.82) is 0 Å². The second kappa shape index (κ2) is 12.7. The van der Waals surface area contributed by atoms with Gasteiger partial charge in [0.25, 0.3) is 0 Å². The first-order valence-corrected chi connectivity index (χ1v) is 20.0. The Labute approximate surface area is 123 Å². The van der Waals surface area contributed by atoms with Gasteiger partial charge in [-0.05, 0) is 0 Å². The molecule has 0 amide bonds. The monoisotopic (exact) mass is 408 g/mol. The molecule has 0 aliphatic rings. The van der Waals surface area contributed by atoms with E-state index in [0.29, 0.717) is 0 Å². The van der Waals surface area contributed by atoms with Crippen LogP contribution >= 0.6 is 26.8 Å². The van der Waals surface area contributed by atoms with Crippen LogP contribution < -0.4 is 0 Å². The molecular weight excluding hydrogens is 381 g/mol. The first kappa shape index (κ1) is 18.7. The van der Waals surface area contributed by atoms with Crippen LogP contribution in [-0.2, 0) is 0 Å². The Kier molecular flexibility index (Phi) is 13.9. The Morgan fingerprint density at radius 3 is 1.29 bits per heavy atom. The average Bonchev–Trinajstić information content (AvgIpc) is 2.24. The Morgan fingerprint density at radius 2 is 0.941 bits per heavy atom. The van der Waals surface area contributed by atoms with Crippen molar-refractivity contribution in [3.8, 4) is 0 Å². The quantitative estimate of drug-likeness (QED) is 0.242. The van der Waals surface area contributed by atoms with Gasteiger partial charge in [-0.3, -0.25) is 0 Å². The number of hydrogen-bond acceptors (Lipinski definition) is 0. The summed E-state index contributed by atoms with van der Waals surface area (Å²) in [6, 6.07) is 0. The summed E-state index contributed by atoms with van der Waals surface area (Å²) in [5, 5.41) is 0. The summed E-state index contributed by atoms with van der Waals surface area (Å²) in [6.07, 6.45) is 14.9. The zero-order chi connectivity index (χ0) is 13.0. The third-order valence-corrected chi connectivity index (χ3v) is 9.49. The maximum absolute atomic E-state index is 5.90. The zero-order valence-electron chi connectivity index (χ0n) is 11.1. The molecule has 0 saturated heterocycles. The standard InChI is InChI=1S/C13H27.3ClH.Sn/c1-3-5-7-9-11-13-12-10-8-6-4-2;;;;/h1,3-13H2,2H3;3*1H;/q;;;;+3/p-3. The van der Waals surface area contributed by atoms with Crippen molar-refractivity contribution < 1.29 is 0 Å². The van der Waals surface area contributed by atoms with Crippen LogP contribution in [0.25, 0.3) is 0 Å². The van der Waals surface area contributed by atoms with Gasteiger partial charge < -0.3 is 0 Å². The number of unbranched alkanes of at least 4 members (excludes halogenated alkanes) is 10. The number of halogens is 3. The molecule has 0 N–H and O–H groups in total. The fraction of sp³-hybridized carbons (Fsp3) is 1.00. The van der Waals surface area contributed by atoms with Crippen LogP contribution in [0.1, 0.15) is 77.6 Å². The molecule has 4 heteroatoms. The average molecular weight is 408 g/mol. The maximum atomic E-state index is 5.90. The SMILES string of the molecule is CCCCCCCCCCCC[CH2][Sn]([Cl])([Cl])[Cl]. The normalized spacial score (nSPS) is 12.0. The van der Waals surface area contributed by atoms with Gasteiger partial charge in [0.15, 0.2) is 0 Å². The first-order chi connectivity index (χ1) is 8.06. The predicted octanol–water partition coefficient (Wildman–Crippen LogP) is 6.95. The van der Waals surface area contributed by atoms with Gasteiger partial charge in [0.2, 0.25) is 0 Å². The predicted molar refractivity (Wildman–Crippen MR) is 84.6 cm³/mol. The fourth-order valence-electron chi connectivity index (χ4n) is 1.99. The topological polar surface area (TPSA) is 0 Å². The zero-order valence-corrected chi connectivity index (χ0v) is 16.2. The fourth-order valence-corrected chi connectivity index (χ4v) is 6.54. The van der Waals surface area contributed by atoms with Gasteiger partial charge in [0.1, 0.15) is 0 Å². The second-order valence-electron chi connectivity index (χ2n) is 4.90. The number of hydrogen-bond donors (Lipinski definition) is 0. The summed E-state index contributed by atoms with van der Waals surface area (Å²) in [7, 11) is 17.7. The van der Waals surface area contributed by atoms with Gasteiger partial charge in [0.05, 0.1) is 0 Å². The summed E-state index contributed by atoms with van der Waals surface area (Å²) in [6.45, 7) is 2.27. The second-order valence-corrected chi connectivity index (χ2v) is 26.7. The molecule has 0 aromatic carbocycles. The van der Waals surface area contributed by atoms with Crippen LogP contribution in [0.3, 0.4) is 0 Å². The van der Waals surface area contributed by atoms with E-state index in [1.807, 2.05) is 0 Å². The van der Waals surface area contributed by atoms with Crippen molar-refractivity contribution >= 4 is 41.8 Å². The summed E-state index contributed by atoms with van der Waals surface area (Å²) in [5.41, 5.74) is 0. The summed E-state index contributed by atoms with van der Waals surface area (Å²) < 4.78 is 0.899. The van der Waals surface area contributed by atoms with Crippen LogP contribution in [0.15, 0.2) is 0 Å². The van der Waals surface area contributed by atoms with Crippen LogP contribution in [0.2, 0.25) is 4.44 Å². The third-order valence-electron chi connectivity index (χ3n) is 3.06. The minimum atomic E-state index is -3.00. The molecular formula is C13H27Cl3Sn. The Balaban J connectivity index is 2.99. The molecule has 0 unspecified atom stereocenters. The molecule has 104 valence electrons. The molecule has 0 bridgehead atoms. The molecule has 0 heterocycles. The van der Waals surface area contributed by atoms with E-state index in [4.69, 9.17) is 26.8 Å². The van der Waals surface area contributed by atoms with E-state index in [1.165, 1.54) is 64.2 Å². The Bertz CT molecular complexity index is 157. The van der Waals surface area contributed by atoms with Crippen molar-refractivity contribution in [2.45, 2.75) is 82.0 Å². The van der Waals surface area contributed by atoms with Crippen LogP contribution in [-0.4, -0.2) is 15.0 Å². The summed E-state index contributed by atoms with van der Waals surface area (Å²) >= 11 is -3.00. The van der Waals surface area contributed by atoms with Crippen LogP contribution in [0, 0.1) is 0 Å². The van der Waals surface area contributed by atoms with Crippen molar-refractivity contribution in [3.63, 3.8) is 0 Å². The van der Waals surface area contributed by atoms with Gasteiger partial charge in [-0.1, -0.05) is 6.92 Å². The van der Waals surface area contributed by atoms with Gasteiger partial charge in [-0.25, -0.2) is 0 Å². The summed E-state index contributed by atoms with van der Waals surface area (Å²) in [5.74, 6) is 0. The minimum absolute atomic E-state index is 0.899. The molecule has 0 spiro atoms. The molecule has 0 aromatic heterocycles. The summed E-state index contributed by atoms with van der Waals surface area (Å²) in [4.78, 5) is 0.